The summed E-state index contributed by atoms with van der Waals surface area (Å²) in [5.74, 6) is 0.915. The molecule has 1 rings (SSSR count). The van der Waals surface area contributed by atoms with E-state index >= 15 is 0 Å². The standard InChI is InChI=1S/C15H28O/c16-14-10-9-13-15-11-7-5-3-1-2-4-6-8-12-15/h14-15H,1-13H2. The van der Waals surface area contributed by atoms with Crippen LogP contribution in [0, 0.1) is 5.92 Å². The van der Waals surface area contributed by atoms with Crippen molar-refractivity contribution in [3.63, 3.8) is 0 Å². The van der Waals surface area contributed by atoms with Gasteiger partial charge in [-0.1, -0.05) is 70.6 Å². The molecule has 1 aliphatic carbocycles. The molecule has 0 unspecified atom stereocenters. The van der Waals surface area contributed by atoms with Gasteiger partial charge in [-0.2, -0.15) is 0 Å². The van der Waals surface area contributed by atoms with Crippen LogP contribution in [0.4, 0.5) is 0 Å². The molecular weight excluding hydrogens is 196 g/mol. The summed E-state index contributed by atoms with van der Waals surface area (Å²) in [7, 11) is 0. The Morgan fingerprint density at radius 3 is 1.81 bits per heavy atom. The fraction of sp³-hybridized carbons (Fsp3) is 0.933. The summed E-state index contributed by atoms with van der Waals surface area (Å²) in [5, 5.41) is 0. The predicted octanol–water partition coefficient (Wildman–Crippen LogP) is 4.89. The Bertz CT molecular complexity index is 153. The summed E-state index contributed by atoms with van der Waals surface area (Å²) in [4.78, 5) is 10.3. The van der Waals surface area contributed by atoms with Gasteiger partial charge in [0.2, 0.25) is 0 Å². The number of rotatable bonds is 4. The maximum absolute atomic E-state index is 10.3. The van der Waals surface area contributed by atoms with E-state index in [2.05, 4.69) is 0 Å². The number of aldehydes is 1. The van der Waals surface area contributed by atoms with Gasteiger partial charge in [0, 0.05) is 6.42 Å². The van der Waals surface area contributed by atoms with Crippen molar-refractivity contribution in [2.45, 2.75) is 83.5 Å². The van der Waals surface area contributed by atoms with E-state index in [0.29, 0.717) is 0 Å². The third kappa shape index (κ3) is 7.03. The number of hydrogen-bond donors (Lipinski definition) is 0. The normalized spacial score (nSPS) is 21.2. The molecule has 0 saturated heterocycles. The second-order valence-corrected chi connectivity index (χ2v) is 5.37. The number of carbonyl (C=O) groups excluding carboxylic acids is 1. The first-order chi connectivity index (χ1) is 7.93. The average molecular weight is 224 g/mol. The summed E-state index contributed by atoms with van der Waals surface area (Å²) in [5.41, 5.74) is 0. The maximum Gasteiger partial charge on any atom is 0.119 e. The molecule has 0 radical (unpaired) electrons. The fourth-order valence-electron chi connectivity index (χ4n) is 2.85. The Hall–Kier alpha value is -0.330. The number of carbonyl (C=O) groups is 1. The molecule has 16 heavy (non-hydrogen) atoms. The summed E-state index contributed by atoms with van der Waals surface area (Å²) in [6.07, 6.45) is 18.6. The van der Waals surface area contributed by atoms with E-state index in [-0.39, 0.29) is 0 Å². The van der Waals surface area contributed by atoms with E-state index in [1.54, 1.807) is 0 Å². The van der Waals surface area contributed by atoms with Crippen LogP contribution in [0.2, 0.25) is 0 Å². The summed E-state index contributed by atoms with van der Waals surface area (Å²) >= 11 is 0. The van der Waals surface area contributed by atoms with Crippen LogP contribution in [0.25, 0.3) is 0 Å². The van der Waals surface area contributed by atoms with E-state index in [0.717, 1.165) is 25.0 Å². The van der Waals surface area contributed by atoms with Crippen molar-refractivity contribution < 1.29 is 4.79 Å². The van der Waals surface area contributed by atoms with Gasteiger partial charge >= 0.3 is 0 Å². The van der Waals surface area contributed by atoms with E-state index in [1.165, 1.54) is 70.6 Å². The zero-order chi connectivity index (χ0) is 11.5. The highest BCUT2D eigenvalue weighted by molar-refractivity contribution is 5.48. The molecular formula is C15H28O. The van der Waals surface area contributed by atoms with E-state index in [1.807, 2.05) is 0 Å². The van der Waals surface area contributed by atoms with Gasteiger partial charge < -0.3 is 4.79 Å². The van der Waals surface area contributed by atoms with Crippen LogP contribution in [0.3, 0.4) is 0 Å². The molecule has 1 nitrogen and oxygen atoms in total. The highest BCUT2D eigenvalue weighted by Crippen LogP contribution is 2.24. The van der Waals surface area contributed by atoms with Gasteiger partial charge in [0.05, 0.1) is 0 Å². The smallest absolute Gasteiger partial charge is 0.119 e. The number of hydrogen-bond acceptors (Lipinski definition) is 1. The Kier molecular flexibility index (Phi) is 8.47. The van der Waals surface area contributed by atoms with Crippen molar-refractivity contribution in [3.8, 4) is 0 Å². The molecule has 1 aliphatic rings. The average Bonchev–Trinajstić information content (AvgIpc) is 2.35. The quantitative estimate of drug-likeness (QED) is 0.491. The van der Waals surface area contributed by atoms with Crippen molar-refractivity contribution in [3.05, 3.63) is 0 Å². The predicted molar refractivity (Wildman–Crippen MR) is 69.6 cm³/mol. The molecule has 1 fully saturated rings. The molecule has 0 bridgehead atoms. The zero-order valence-electron chi connectivity index (χ0n) is 10.8. The summed E-state index contributed by atoms with van der Waals surface area (Å²) < 4.78 is 0. The third-order valence-electron chi connectivity index (χ3n) is 3.91. The molecule has 1 heteroatoms. The molecule has 0 heterocycles. The van der Waals surface area contributed by atoms with E-state index in [9.17, 15) is 4.79 Å². The highest BCUT2D eigenvalue weighted by Gasteiger charge is 2.09. The molecule has 1 saturated carbocycles. The van der Waals surface area contributed by atoms with Gasteiger partial charge in [-0.15, -0.1) is 0 Å². The van der Waals surface area contributed by atoms with Crippen molar-refractivity contribution in [2.24, 2.45) is 5.92 Å². The van der Waals surface area contributed by atoms with Crippen LogP contribution in [-0.4, -0.2) is 6.29 Å². The van der Waals surface area contributed by atoms with Crippen LogP contribution in [0.5, 0.6) is 0 Å². The fourth-order valence-corrected chi connectivity index (χ4v) is 2.85. The SMILES string of the molecule is O=CCCCC1CCCCCCCCCC1. The van der Waals surface area contributed by atoms with E-state index < -0.39 is 0 Å². The molecule has 0 atom stereocenters. The first-order valence-corrected chi connectivity index (χ1v) is 7.37. The zero-order valence-corrected chi connectivity index (χ0v) is 10.8. The van der Waals surface area contributed by atoms with Gasteiger partial charge in [-0.25, -0.2) is 0 Å². The van der Waals surface area contributed by atoms with Crippen molar-refractivity contribution >= 4 is 6.29 Å². The van der Waals surface area contributed by atoms with Gasteiger partial charge in [-0.3, -0.25) is 0 Å². The molecule has 94 valence electrons. The van der Waals surface area contributed by atoms with E-state index in [4.69, 9.17) is 0 Å². The second-order valence-electron chi connectivity index (χ2n) is 5.37. The second kappa shape index (κ2) is 9.86. The molecule has 0 N–H and O–H groups in total. The number of unbranched alkanes of at least 4 members (excludes halogenated alkanes) is 1. The van der Waals surface area contributed by atoms with Gasteiger partial charge in [0.25, 0.3) is 0 Å². The van der Waals surface area contributed by atoms with Gasteiger partial charge in [-0.05, 0) is 12.3 Å². The van der Waals surface area contributed by atoms with Crippen LogP contribution in [0.15, 0.2) is 0 Å². The molecule has 0 aromatic rings. The molecule has 0 aliphatic heterocycles. The lowest BCUT2D eigenvalue weighted by Crippen LogP contribution is -2.01. The lowest BCUT2D eigenvalue weighted by molar-refractivity contribution is -0.108. The van der Waals surface area contributed by atoms with Crippen molar-refractivity contribution in [1.29, 1.82) is 0 Å². The Morgan fingerprint density at radius 2 is 1.31 bits per heavy atom. The third-order valence-corrected chi connectivity index (χ3v) is 3.91. The Morgan fingerprint density at radius 1 is 0.812 bits per heavy atom. The lowest BCUT2D eigenvalue weighted by Gasteiger charge is -2.15. The first kappa shape index (κ1) is 13.7. The minimum atomic E-state index is 0.774. The van der Waals surface area contributed by atoms with Crippen LogP contribution < -0.4 is 0 Å². The van der Waals surface area contributed by atoms with Gasteiger partial charge in [0.1, 0.15) is 6.29 Å². The minimum Gasteiger partial charge on any atom is -0.303 e. The van der Waals surface area contributed by atoms with Crippen LogP contribution in [-0.2, 0) is 4.79 Å². The summed E-state index contributed by atoms with van der Waals surface area (Å²) in [6.45, 7) is 0. The van der Waals surface area contributed by atoms with Gasteiger partial charge in [0.15, 0.2) is 0 Å². The monoisotopic (exact) mass is 224 g/mol. The highest BCUT2D eigenvalue weighted by atomic mass is 16.1. The topological polar surface area (TPSA) is 17.1 Å². The largest absolute Gasteiger partial charge is 0.303 e. The summed E-state index contributed by atoms with van der Waals surface area (Å²) in [6, 6.07) is 0. The lowest BCUT2D eigenvalue weighted by atomic mass is 9.91. The minimum absolute atomic E-state index is 0.774. The molecule has 0 aromatic heterocycles. The Labute approximate surface area is 101 Å². The van der Waals surface area contributed by atoms with Crippen LogP contribution in [0.1, 0.15) is 83.5 Å². The maximum atomic E-state index is 10.3. The molecule has 0 spiro atoms. The van der Waals surface area contributed by atoms with Crippen LogP contribution >= 0.6 is 0 Å². The van der Waals surface area contributed by atoms with Crippen molar-refractivity contribution in [1.82, 2.24) is 0 Å². The molecule has 0 amide bonds. The Balaban J connectivity index is 2.19. The molecule has 0 aromatic carbocycles. The van der Waals surface area contributed by atoms with Crippen molar-refractivity contribution in [2.75, 3.05) is 0 Å². The first-order valence-electron chi connectivity index (χ1n) is 7.37.